The maximum absolute atomic E-state index is 13.2. The second-order valence-corrected chi connectivity index (χ2v) is 5.95. The number of halogens is 3. The highest BCUT2D eigenvalue weighted by Gasteiger charge is 2.41. The zero-order valence-electron chi connectivity index (χ0n) is 10.5. The Morgan fingerprint density at radius 3 is 2.58 bits per heavy atom. The molecular formula is C13H15BrF2N2O. The first-order valence-corrected chi connectivity index (χ1v) is 6.84. The van der Waals surface area contributed by atoms with E-state index in [0.717, 1.165) is 25.0 Å². The minimum Gasteiger partial charge on any atom is -0.345 e. The number of amides is 1. The summed E-state index contributed by atoms with van der Waals surface area (Å²) in [6.45, 7) is 2.18. The average Bonchev–Trinajstić information content (AvgIpc) is 3.17. The van der Waals surface area contributed by atoms with Crippen LogP contribution < -0.4 is 11.1 Å². The van der Waals surface area contributed by atoms with E-state index in [2.05, 4.69) is 21.2 Å². The topological polar surface area (TPSA) is 55.1 Å². The molecule has 0 spiro atoms. The molecule has 3 N–H and O–H groups in total. The van der Waals surface area contributed by atoms with Gasteiger partial charge in [0.25, 0.3) is 5.91 Å². The maximum Gasteiger partial charge on any atom is 0.253 e. The highest BCUT2D eigenvalue weighted by atomic mass is 79.9. The number of hydrogen-bond acceptors (Lipinski definition) is 2. The van der Waals surface area contributed by atoms with Crippen molar-refractivity contribution < 1.29 is 13.6 Å². The van der Waals surface area contributed by atoms with Gasteiger partial charge in [0.2, 0.25) is 0 Å². The van der Waals surface area contributed by atoms with Crippen molar-refractivity contribution in [2.75, 3.05) is 6.54 Å². The number of nitrogens with one attached hydrogen (secondary N) is 1. The lowest BCUT2D eigenvalue weighted by atomic mass is 9.95. The van der Waals surface area contributed by atoms with Crippen LogP contribution in [-0.2, 0) is 0 Å². The van der Waals surface area contributed by atoms with Crippen LogP contribution in [0, 0.1) is 17.6 Å². The van der Waals surface area contributed by atoms with Gasteiger partial charge in [-0.2, -0.15) is 0 Å². The van der Waals surface area contributed by atoms with E-state index in [1.54, 1.807) is 0 Å². The molecule has 1 atom stereocenters. The van der Waals surface area contributed by atoms with Crippen molar-refractivity contribution in [1.29, 1.82) is 0 Å². The summed E-state index contributed by atoms with van der Waals surface area (Å²) in [5.41, 5.74) is 5.28. The number of benzene rings is 1. The fourth-order valence-electron chi connectivity index (χ4n) is 2.06. The van der Waals surface area contributed by atoms with Crippen LogP contribution >= 0.6 is 15.9 Å². The van der Waals surface area contributed by atoms with E-state index in [1.165, 1.54) is 0 Å². The highest BCUT2D eigenvalue weighted by molar-refractivity contribution is 9.10. The molecule has 6 heteroatoms. The summed E-state index contributed by atoms with van der Waals surface area (Å²) in [7, 11) is 0. The molecule has 0 aromatic heterocycles. The molecule has 0 saturated heterocycles. The first-order chi connectivity index (χ1) is 8.87. The van der Waals surface area contributed by atoms with Gasteiger partial charge in [-0.1, -0.05) is 0 Å². The lowest BCUT2D eigenvalue weighted by Gasteiger charge is -2.29. The Balaban J connectivity index is 2.22. The third-order valence-corrected chi connectivity index (χ3v) is 4.21. The second kappa shape index (κ2) is 5.17. The quantitative estimate of drug-likeness (QED) is 0.832. The predicted molar refractivity (Wildman–Crippen MR) is 71.7 cm³/mol. The van der Waals surface area contributed by atoms with Crippen LogP contribution in [0.1, 0.15) is 30.1 Å². The number of carbonyl (C=O) groups excluding carboxylic acids is 1. The van der Waals surface area contributed by atoms with Crippen molar-refractivity contribution in [3.8, 4) is 0 Å². The lowest BCUT2D eigenvalue weighted by Crippen LogP contribution is -2.53. The van der Waals surface area contributed by atoms with Crippen LogP contribution in [0.3, 0.4) is 0 Å². The maximum atomic E-state index is 13.2. The second-order valence-electron chi connectivity index (χ2n) is 5.10. The van der Waals surface area contributed by atoms with E-state index in [0.29, 0.717) is 12.5 Å². The van der Waals surface area contributed by atoms with Gasteiger partial charge in [-0.25, -0.2) is 8.78 Å². The van der Waals surface area contributed by atoms with Gasteiger partial charge < -0.3 is 11.1 Å². The summed E-state index contributed by atoms with van der Waals surface area (Å²) in [6, 6.07) is 1.83. The third kappa shape index (κ3) is 2.95. The van der Waals surface area contributed by atoms with Crippen molar-refractivity contribution in [2.45, 2.75) is 25.3 Å². The van der Waals surface area contributed by atoms with Crippen molar-refractivity contribution >= 4 is 21.8 Å². The molecular weight excluding hydrogens is 318 g/mol. The summed E-state index contributed by atoms with van der Waals surface area (Å²) in [4.78, 5) is 12.1. The normalized spacial score (nSPS) is 17.9. The first-order valence-electron chi connectivity index (χ1n) is 6.04. The molecule has 0 heterocycles. The van der Waals surface area contributed by atoms with Gasteiger partial charge in [-0.05, 0) is 53.7 Å². The molecule has 104 valence electrons. The molecule has 2 rings (SSSR count). The predicted octanol–water partition coefficient (Wildman–Crippen LogP) is 2.58. The van der Waals surface area contributed by atoms with Crippen LogP contribution in [0.4, 0.5) is 8.78 Å². The Morgan fingerprint density at radius 1 is 1.47 bits per heavy atom. The van der Waals surface area contributed by atoms with Crippen LogP contribution in [-0.4, -0.2) is 18.0 Å². The lowest BCUT2D eigenvalue weighted by molar-refractivity contribution is 0.0896. The SMILES string of the molecule is CC(CN)(NC(=O)c1cc(F)c(F)cc1Br)C1CC1. The Bertz CT molecular complexity index is 520. The summed E-state index contributed by atoms with van der Waals surface area (Å²) in [5, 5.41) is 2.83. The van der Waals surface area contributed by atoms with Gasteiger partial charge in [0.15, 0.2) is 11.6 Å². The van der Waals surface area contributed by atoms with Crippen molar-refractivity contribution in [1.82, 2.24) is 5.32 Å². The zero-order chi connectivity index (χ0) is 14.2. The third-order valence-electron chi connectivity index (χ3n) is 3.56. The Labute approximate surface area is 118 Å². The first kappa shape index (κ1) is 14.4. The zero-order valence-corrected chi connectivity index (χ0v) is 12.1. The summed E-state index contributed by atoms with van der Waals surface area (Å²) < 4.78 is 26.4. The van der Waals surface area contributed by atoms with E-state index in [1.807, 2.05) is 6.92 Å². The van der Waals surface area contributed by atoms with Crippen molar-refractivity contribution in [3.63, 3.8) is 0 Å². The van der Waals surface area contributed by atoms with E-state index in [-0.39, 0.29) is 10.0 Å². The van der Waals surface area contributed by atoms with Crippen LogP contribution in [0.25, 0.3) is 0 Å². The molecule has 3 nitrogen and oxygen atoms in total. The summed E-state index contributed by atoms with van der Waals surface area (Å²) >= 11 is 3.07. The van der Waals surface area contributed by atoms with Crippen molar-refractivity contribution in [2.24, 2.45) is 11.7 Å². The molecule has 1 aliphatic rings. The molecule has 19 heavy (non-hydrogen) atoms. The van der Waals surface area contributed by atoms with Gasteiger partial charge in [0.1, 0.15) is 0 Å². The molecule has 1 amide bonds. The molecule has 1 fully saturated rings. The fourth-order valence-corrected chi connectivity index (χ4v) is 2.56. The standard InChI is InChI=1S/C13H15BrF2N2O/c1-13(6-17,7-2-3-7)18-12(19)8-4-10(15)11(16)5-9(8)14/h4-5,7H,2-3,6,17H2,1H3,(H,18,19). The smallest absolute Gasteiger partial charge is 0.253 e. The fraction of sp³-hybridized carbons (Fsp3) is 0.462. The molecule has 1 saturated carbocycles. The largest absolute Gasteiger partial charge is 0.345 e. The number of rotatable bonds is 4. The van der Waals surface area contributed by atoms with Gasteiger partial charge in [-0.3, -0.25) is 4.79 Å². The molecule has 0 radical (unpaired) electrons. The number of carbonyl (C=O) groups is 1. The Hall–Kier alpha value is -1.01. The van der Waals surface area contributed by atoms with E-state index >= 15 is 0 Å². The van der Waals surface area contributed by atoms with Gasteiger partial charge >= 0.3 is 0 Å². The summed E-state index contributed by atoms with van der Waals surface area (Å²) in [6.07, 6.45) is 2.04. The molecule has 1 aromatic carbocycles. The highest BCUT2D eigenvalue weighted by Crippen LogP contribution is 2.39. The van der Waals surface area contributed by atoms with Gasteiger partial charge in [0.05, 0.1) is 11.1 Å². The van der Waals surface area contributed by atoms with Gasteiger partial charge in [0, 0.05) is 11.0 Å². The average molecular weight is 333 g/mol. The van der Waals surface area contributed by atoms with Crippen LogP contribution in [0.15, 0.2) is 16.6 Å². The summed E-state index contributed by atoms with van der Waals surface area (Å²) in [5.74, 6) is -2.14. The molecule has 0 bridgehead atoms. The van der Waals surface area contributed by atoms with Crippen LogP contribution in [0.2, 0.25) is 0 Å². The van der Waals surface area contributed by atoms with Gasteiger partial charge in [-0.15, -0.1) is 0 Å². The number of hydrogen-bond donors (Lipinski definition) is 2. The van der Waals surface area contributed by atoms with Crippen LogP contribution in [0.5, 0.6) is 0 Å². The molecule has 0 aliphatic heterocycles. The molecule has 1 aliphatic carbocycles. The van der Waals surface area contributed by atoms with Crippen molar-refractivity contribution in [3.05, 3.63) is 33.8 Å². The molecule has 1 unspecified atom stereocenters. The monoisotopic (exact) mass is 332 g/mol. The molecule has 1 aromatic rings. The van der Waals surface area contributed by atoms with E-state index < -0.39 is 23.1 Å². The van der Waals surface area contributed by atoms with E-state index in [9.17, 15) is 13.6 Å². The number of nitrogens with two attached hydrogens (primary N) is 1. The minimum atomic E-state index is -1.05. The Morgan fingerprint density at radius 2 is 2.05 bits per heavy atom. The minimum absolute atomic E-state index is 0.0687. The Kier molecular flexibility index (Phi) is 3.92. The van der Waals surface area contributed by atoms with E-state index in [4.69, 9.17) is 5.73 Å².